The summed E-state index contributed by atoms with van der Waals surface area (Å²) in [6, 6.07) is 11.9. The third-order valence-electron chi connectivity index (χ3n) is 4.17. The summed E-state index contributed by atoms with van der Waals surface area (Å²) in [6.45, 7) is 0. The van der Waals surface area contributed by atoms with Crippen LogP contribution < -0.4 is 30.7 Å². The van der Waals surface area contributed by atoms with E-state index in [1.807, 2.05) is 30.5 Å². The maximum absolute atomic E-state index is 5.63. The Morgan fingerprint density at radius 1 is 1.04 bits per heavy atom. The van der Waals surface area contributed by atoms with Crippen LogP contribution in [0.2, 0.25) is 0 Å². The van der Waals surface area contributed by atoms with Crippen molar-refractivity contribution in [2.45, 2.75) is 6.17 Å². The molecule has 0 fully saturated rings. The molecule has 0 bridgehead atoms. The van der Waals surface area contributed by atoms with Gasteiger partial charge in [-0.2, -0.15) is 5.10 Å². The molecule has 0 radical (unpaired) electrons. The van der Waals surface area contributed by atoms with Crippen LogP contribution in [0.15, 0.2) is 47.7 Å². The number of methoxy groups -OCH3 is 3. The molecular formula is C19H22N4O3. The van der Waals surface area contributed by atoms with Gasteiger partial charge in [0.25, 0.3) is 0 Å². The van der Waals surface area contributed by atoms with Gasteiger partial charge in [-0.3, -0.25) is 0 Å². The molecule has 0 saturated carbocycles. The zero-order valence-electron chi connectivity index (χ0n) is 14.9. The van der Waals surface area contributed by atoms with Gasteiger partial charge in [-0.25, -0.2) is 0 Å². The predicted octanol–water partition coefficient (Wildman–Crippen LogP) is 2.20. The van der Waals surface area contributed by atoms with Crippen LogP contribution in [0.25, 0.3) is 5.70 Å². The van der Waals surface area contributed by atoms with Crippen molar-refractivity contribution in [3.8, 4) is 17.2 Å². The lowest BCUT2D eigenvalue weighted by molar-refractivity contribution is 0.323. The van der Waals surface area contributed by atoms with E-state index in [1.54, 1.807) is 27.5 Å². The summed E-state index contributed by atoms with van der Waals surface area (Å²) in [6.07, 6.45) is 3.40. The molecule has 1 heterocycles. The van der Waals surface area contributed by atoms with E-state index in [-0.39, 0.29) is 6.17 Å². The fourth-order valence-corrected chi connectivity index (χ4v) is 3.01. The number of nitrogens with zero attached hydrogens (tertiary/aromatic N) is 1. The Bertz CT molecular complexity index is 834. The Hall–Kier alpha value is -3.35. The zero-order chi connectivity index (χ0) is 18.5. The van der Waals surface area contributed by atoms with Gasteiger partial charge < -0.3 is 30.7 Å². The van der Waals surface area contributed by atoms with Gasteiger partial charge in [0, 0.05) is 11.8 Å². The fourth-order valence-electron chi connectivity index (χ4n) is 3.01. The molecule has 0 saturated heterocycles. The van der Waals surface area contributed by atoms with Crippen molar-refractivity contribution in [3.63, 3.8) is 0 Å². The largest absolute Gasteiger partial charge is 0.493 e. The van der Waals surface area contributed by atoms with Crippen LogP contribution in [0, 0.1) is 0 Å². The first-order chi connectivity index (χ1) is 12.7. The molecule has 0 amide bonds. The molecule has 1 aliphatic rings. The molecule has 7 nitrogen and oxygen atoms in total. The first kappa shape index (κ1) is 17.5. The Morgan fingerprint density at radius 2 is 1.77 bits per heavy atom. The number of hydrogen-bond donors (Lipinski definition) is 3. The summed E-state index contributed by atoms with van der Waals surface area (Å²) < 4.78 is 16.5. The molecule has 4 N–H and O–H groups in total. The van der Waals surface area contributed by atoms with Gasteiger partial charge in [-0.1, -0.05) is 30.3 Å². The van der Waals surface area contributed by atoms with Gasteiger partial charge in [0.15, 0.2) is 11.5 Å². The van der Waals surface area contributed by atoms with E-state index in [2.05, 4.69) is 27.9 Å². The summed E-state index contributed by atoms with van der Waals surface area (Å²) in [5.41, 5.74) is 3.49. The highest BCUT2D eigenvalue weighted by atomic mass is 16.5. The van der Waals surface area contributed by atoms with E-state index < -0.39 is 0 Å². The van der Waals surface area contributed by atoms with E-state index in [1.165, 1.54) is 0 Å². The van der Waals surface area contributed by atoms with Crippen LogP contribution in [0.4, 0.5) is 0 Å². The van der Waals surface area contributed by atoms with Crippen LogP contribution in [-0.4, -0.2) is 27.5 Å². The summed E-state index contributed by atoms with van der Waals surface area (Å²) >= 11 is 0. The number of benzene rings is 2. The fraction of sp³-hybridized carbons (Fsp3) is 0.211. The molecule has 2 aromatic carbocycles. The highest BCUT2D eigenvalue weighted by Crippen LogP contribution is 2.44. The van der Waals surface area contributed by atoms with Gasteiger partial charge in [0.2, 0.25) is 5.75 Å². The maximum Gasteiger partial charge on any atom is 0.204 e. The number of hydrazone groups is 1. The van der Waals surface area contributed by atoms with E-state index in [9.17, 15) is 0 Å². The monoisotopic (exact) mass is 354 g/mol. The lowest BCUT2D eigenvalue weighted by Crippen LogP contribution is -2.22. The van der Waals surface area contributed by atoms with Crippen LogP contribution in [0.5, 0.6) is 17.2 Å². The molecule has 3 rings (SSSR count). The third-order valence-corrected chi connectivity index (χ3v) is 4.17. The van der Waals surface area contributed by atoms with Gasteiger partial charge in [0.05, 0.1) is 38.8 Å². The van der Waals surface area contributed by atoms with Crippen molar-refractivity contribution in [2.75, 3.05) is 21.3 Å². The maximum atomic E-state index is 5.63. The van der Waals surface area contributed by atoms with Gasteiger partial charge >= 0.3 is 0 Å². The highest BCUT2D eigenvalue weighted by Gasteiger charge is 2.26. The summed E-state index contributed by atoms with van der Waals surface area (Å²) in [7, 11) is 4.73. The number of ether oxygens (including phenoxy) is 3. The average molecular weight is 354 g/mol. The second kappa shape index (κ2) is 7.69. The minimum atomic E-state index is -0.0494. The molecule has 1 atom stereocenters. The summed E-state index contributed by atoms with van der Waals surface area (Å²) in [5.74, 6) is 6.98. The second-order valence-corrected chi connectivity index (χ2v) is 5.60. The lowest BCUT2D eigenvalue weighted by atomic mass is 10.0. The zero-order valence-corrected chi connectivity index (χ0v) is 14.9. The minimum absolute atomic E-state index is 0.0494. The molecule has 26 heavy (non-hydrogen) atoms. The molecule has 1 unspecified atom stereocenters. The van der Waals surface area contributed by atoms with E-state index in [0.717, 1.165) is 22.4 Å². The molecule has 1 aliphatic heterocycles. The van der Waals surface area contributed by atoms with E-state index >= 15 is 0 Å². The van der Waals surface area contributed by atoms with Crippen molar-refractivity contribution in [1.29, 1.82) is 0 Å². The number of nitrogens with two attached hydrogens (primary N) is 1. The molecular weight excluding hydrogens is 332 g/mol. The SMILES string of the molecule is COc1cc(/C=N\N)c(C2=CNC(c3ccccc3)N2)c(OC)c1OC. The quantitative estimate of drug-likeness (QED) is 0.419. The van der Waals surface area contributed by atoms with Crippen molar-refractivity contribution in [2.24, 2.45) is 10.9 Å². The molecule has 0 spiro atoms. The van der Waals surface area contributed by atoms with Crippen LogP contribution >= 0.6 is 0 Å². The lowest BCUT2D eigenvalue weighted by Gasteiger charge is -2.20. The van der Waals surface area contributed by atoms with Gasteiger partial charge in [0.1, 0.15) is 6.17 Å². The number of hydrogen-bond acceptors (Lipinski definition) is 7. The summed E-state index contributed by atoms with van der Waals surface area (Å²) in [5, 5.41) is 10.5. The second-order valence-electron chi connectivity index (χ2n) is 5.60. The minimum Gasteiger partial charge on any atom is -0.493 e. The number of rotatable bonds is 6. The van der Waals surface area contributed by atoms with Gasteiger partial charge in [-0.15, -0.1) is 0 Å². The number of nitrogens with one attached hydrogen (secondary N) is 2. The van der Waals surface area contributed by atoms with Crippen LogP contribution in [-0.2, 0) is 0 Å². The predicted molar refractivity (Wildman–Crippen MR) is 101 cm³/mol. The molecule has 2 aromatic rings. The third kappa shape index (κ3) is 3.11. The highest BCUT2D eigenvalue weighted by molar-refractivity contribution is 5.93. The average Bonchev–Trinajstić information content (AvgIpc) is 3.17. The molecule has 0 aromatic heterocycles. The van der Waals surface area contributed by atoms with Crippen LogP contribution in [0.1, 0.15) is 22.9 Å². The van der Waals surface area contributed by atoms with Crippen molar-refractivity contribution in [3.05, 3.63) is 59.3 Å². The van der Waals surface area contributed by atoms with Crippen molar-refractivity contribution >= 4 is 11.9 Å². The Morgan fingerprint density at radius 3 is 2.38 bits per heavy atom. The van der Waals surface area contributed by atoms with Crippen LogP contribution in [0.3, 0.4) is 0 Å². The van der Waals surface area contributed by atoms with Crippen molar-refractivity contribution in [1.82, 2.24) is 10.6 Å². The van der Waals surface area contributed by atoms with E-state index in [0.29, 0.717) is 17.2 Å². The normalized spacial score (nSPS) is 16.0. The Labute approximate surface area is 152 Å². The molecule has 136 valence electrons. The summed E-state index contributed by atoms with van der Waals surface area (Å²) in [4.78, 5) is 0. The van der Waals surface area contributed by atoms with Crippen molar-refractivity contribution < 1.29 is 14.2 Å². The first-order valence-corrected chi connectivity index (χ1v) is 8.07. The molecule has 0 aliphatic carbocycles. The first-order valence-electron chi connectivity index (χ1n) is 8.07. The van der Waals surface area contributed by atoms with Gasteiger partial charge in [-0.05, 0) is 11.6 Å². The smallest absolute Gasteiger partial charge is 0.204 e. The standard InChI is InChI=1S/C19H22N4O3/c1-24-15-9-13(10-22-20)16(18(26-3)17(15)25-2)14-11-21-19(23-14)12-7-5-4-6-8-12/h4-11,19,21,23H,20H2,1-3H3/b22-10-. The Kier molecular flexibility index (Phi) is 5.17. The van der Waals surface area contributed by atoms with E-state index in [4.69, 9.17) is 20.1 Å². The molecule has 7 heteroatoms. The topological polar surface area (TPSA) is 90.1 Å². The Balaban J connectivity index is 2.06.